The van der Waals surface area contributed by atoms with Gasteiger partial charge in [-0.05, 0) is 0 Å². The summed E-state index contributed by atoms with van der Waals surface area (Å²) in [5.41, 5.74) is 0. The van der Waals surface area contributed by atoms with Crippen LogP contribution in [0.4, 0.5) is 0 Å². The maximum absolute atomic E-state index is 10.1. The second-order valence-electron chi connectivity index (χ2n) is 4.94. The second-order valence-corrected chi connectivity index (χ2v) is 4.94. The van der Waals surface area contributed by atoms with Crippen LogP contribution in [0.2, 0.25) is 0 Å². The quantitative estimate of drug-likeness (QED) is 0.151. The molecule has 0 heterocycles. The number of aliphatic hydroxyl groups excluding tert-OH is 8. The summed E-state index contributed by atoms with van der Waals surface area (Å²) in [6, 6.07) is 0. The van der Waals surface area contributed by atoms with E-state index in [4.69, 9.17) is 56.2 Å². The van der Waals surface area contributed by atoms with Crippen molar-refractivity contribution in [1.29, 1.82) is 0 Å². The molecule has 0 aromatic carbocycles. The van der Waals surface area contributed by atoms with E-state index in [0.29, 0.717) is 0 Å². The Hall–Kier alpha value is -2.24. The summed E-state index contributed by atoms with van der Waals surface area (Å²) in [7, 11) is 0. The van der Waals surface area contributed by atoms with Gasteiger partial charge in [0.1, 0.15) is 30.5 Å². The van der Waals surface area contributed by atoms with E-state index in [2.05, 4.69) is 0 Å². The van der Waals surface area contributed by atoms with Gasteiger partial charge in [0, 0.05) is 0 Å². The number of aldehydes is 1. The van der Waals surface area contributed by atoms with E-state index in [1.807, 2.05) is 0 Å². The van der Waals surface area contributed by atoms with Crippen LogP contribution in [0, 0.1) is 0 Å². The zero-order valence-electron chi connectivity index (χ0n) is 13.2. The van der Waals surface area contributed by atoms with Gasteiger partial charge < -0.3 is 61.0 Å². The highest BCUT2D eigenvalue weighted by Gasteiger charge is 2.37. The van der Waals surface area contributed by atoms with Gasteiger partial charge in [-0.1, -0.05) is 0 Å². The zero-order valence-corrected chi connectivity index (χ0v) is 13.2. The second kappa shape index (κ2) is 12.2. The molecule has 0 rings (SSSR count). The Balaban J connectivity index is 0. The molecular formula is C12H20O15. The van der Waals surface area contributed by atoms with Gasteiger partial charge in [0.15, 0.2) is 24.6 Å². The number of carboxylic acids is 3. The molecule has 8 atom stereocenters. The Kier molecular flexibility index (Phi) is 12.2. The van der Waals surface area contributed by atoms with Crippen molar-refractivity contribution in [2.45, 2.75) is 48.8 Å². The zero-order chi connectivity index (χ0) is 22.1. The number of carbonyl (C=O) groups excluding carboxylic acids is 1. The average Bonchev–Trinajstić information content (AvgIpc) is 2.62. The maximum Gasteiger partial charge on any atom is 0.335 e. The van der Waals surface area contributed by atoms with E-state index >= 15 is 0 Å². The highest BCUT2D eigenvalue weighted by molar-refractivity contribution is 5.75. The van der Waals surface area contributed by atoms with Crippen molar-refractivity contribution >= 4 is 24.2 Å². The van der Waals surface area contributed by atoms with Crippen LogP contribution in [0.3, 0.4) is 0 Å². The maximum atomic E-state index is 10.1. The topological polar surface area (TPSA) is 291 Å². The molecule has 0 aliphatic rings. The summed E-state index contributed by atoms with van der Waals surface area (Å²) in [5, 5.41) is 94.6. The van der Waals surface area contributed by atoms with Crippen LogP contribution in [0.1, 0.15) is 0 Å². The summed E-state index contributed by atoms with van der Waals surface area (Å²) in [6.07, 6.45) is -17.7. The fourth-order valence-corrected chi connectivity index (χ4v) is 1.28. The number of hydrogen-bond donors (Lipinski definition) is 11. The first-order valence-corrected chi connectivity index (χ1v) is 6.78. The molecule has 0 radical (unpaired) electrons. The highest BCUT2D eigenvalue weighted by atomic mass is 16.4. The lowest BCUT2D eigenvalue weighted by Gasteiger charge is -2.21. The molecule has 0 spiro atoms. The van der Waals surface area contributed by atoms with Crippen molar-refractivity contribution in [3.8, 4) is 0 Å². The number of aliphatic carboxylic acids is 3. The number of aliphatic hydroxyl groups is 8. The van der Waals surface area contributed by atoms with Gasteiger partial charge in [-0.25, -0.2) is 14.4 Å². The third-order valence-corrected chi connectivity index (χ3v) is 2.92. The minimum absolute atomic E-state index is 0.0809. The molecule has 11 N–H and O–H groups in total. The predicted octanol–water partition coefficient (Wildman–Crippen LogP) is -6.69. The Morgan fingerprint density at radius 2 is 0.741 bits per heavy atom. The first kappa shape index (κ1) is 27.0. The Morgan fingerprint density at radius 1 is 0.519 bits per heavy atom. The SMILES string of the molecule is O=C(O)[C@@H](O)[C@@H](O)[C@H](O)[C@@H](O)C(=O)O.O=C[C@H](O)[C@@H](O)[C@H](O)[C@H](O)C(=O)O. The van der Waals surface area contributed by atoms with E-state index in [-0.39, 0.29) is 6.29 Å². The highest BCUT2D eigenvalue weighted by Crippen LogP contribution is 2.06. The van der Waals surface area contributed by atoms with Crippen LogP contribution in [0.5, 0.6) is 0 Å². The molecular weight excluding hydrogens is 384 g/mol. The van der Waals surface area contributed by atoms with E-state index in [9.17, 15) is 19.2 Å². The van der Waals surface area contributed by atoms with Crippen LogP contribution in [-0.4, -0.2) is 129 Å². The number of hydrogen-bond acceptors (Lipinski definition) is 12. The minimum atomic E-state index is -2.36. The van der Waals surface area contributed by atoms with Gasteiger partial charge in [-0.15, -0.1) is 0 Å². The van der Waals surface area contributed by atoms with Gasteiger partial charge >= 0.3 is 17.9 Å². The standard InChI is InChI=1S/C6H10O8.C6H10O7/c7-1(3(9)5(11)12)2(8)4(10)6(13)14;7-1-2(8)3(9)4(10)5(11)6(12)13/h1-4,7-10H,(H,11,12)(H,13,14);1-5,8-11H,(H,12,13)/t1-,2-,3-,4+;2-,3+,4-,5-/m00/s1. The Morgan fingerprint density at radius 3 is 0.926 bits per heavy atom. The van der Waals surface area contributed by atoms with E-state index in [1.54, 1.807) is 0 Å². The van der Waals surface area contributed by atoms with Gasteiger partial charge in [0.2, 0.25) is 0 Å². The molecule has 0 aliphatic heterocycles. The minimum Gasteiger partial charge on any atom is -0.479 e. The van der Waals surface area contributed by atoms with Crippen LogP contribution in [0.15, 0.2) is 0 Å². The number of carboxylic acid groups (broad SMARTS) is 3. The van der Waals surface area contributed by atoms with Crippen LogP contribution in [-0.2, 0) is 19.2 Å². The predicted molar refractivity (Wildman–Crippen MR) is 77.0 cm³/mol. The molecule has 0 saturated carbocycles. The van der Waals surface area contributed by atoms with Crippen molar-refractivity contribution < 1.29 is 75.3 Å². The summed E-state index contributed by atoms with van der Waals surface area (Å²) in [4.78, 5) is 40.1. The first-order chi connectivity index (χ1) is 12.2. The molecule has 0 aromatic rings. The van der Waals surface area contributed by atoms with Crippen molar-refractivity contribution in [1.82, 2.24) is 0 Å². The van der Waals surface area contributed by atoms with E-state index in [0.717, 1.165) is 0 Å². The molecule has 15 nitrogen and oxygen atoms in total. The molecule has 0 saturated heterocycles. The molecule has 27 heavy (non-hydrogen) atoms. The van der Waals surface area contributed by atoms with Crippen molar-refractivity contribution in [2.75, 3.05) is 0 Å². The van der Waals surface area contributed by atoms with Gasteiger partial charge in [0.25, 0.3) is 0 Å². The van der Waals surface area contributed by atoms with Crippen LogP contribution >= 0.6 is 0 Å². The molecule has 0 fully saturated rings. The molecule has 15 heteroatoms. The van der Waals surface area contributed by atoms with Gasteiger partial charge in [-0.3, -0.25) is 0 Å². The number of rotatable bonds is 10. The number of carbonyl (C=O) groups is 4. The normalized spacial score (nSPS) is 19.7. The summed E-state index contributed by atoms with van der Waals surface area (Å²) in [5.74, 6) is -5.44. The molecule has 158 valence electrons. The molecule has 0 amide bonds. The summed E-state index contributed by atoms with van der Waals surface area (Å²) in [6.45, 7) is 0. The fraction of sp³-hybridized carbons (Fsp3) is 0.667. The molecule has 0 aliphatic carbocycles. The lowest BCUT2D eigenvalue weighted by atomic mass is 10.0. The lowest BCUT2D eigenvalue weighted by Crippen LogP contribution is -2.49. The largest absolute Gasteiger partial charge is 0.479 e. The average molecular weight is 404 g/mol. The lowest BCUT2D eigenvalue weighted by molar-refractivity contribution is -0.172. The third kappa shape index (κ3) is 8.80. The van der Waals surface area contributed by atoms with Gasteiger partial charge in [-0.2, -0.15) is 0 Å². The smallest absolute Gasteiger partial charge is 0.335 e. The first-order valence-electron chi connectivity index (χ1n) is 6.78. The molecule has 0 unspecified atom stereocenters. The van der Waals surface area contributed by atoms with Gasteiger partial charge in [0.05, 0.1) is 0 Å². The molecule has 0 aromatic heterocycles. The Bertz CT molecular complexity index is 483. The fourth-order valence-electron chi connectivity index (χ4n) is 1.28. The van der Waals surface area contributed by atoms with Crippen molar-refractivity contribution in [3.05, 3.63) is 0 Å². The van der Waals surface area contributed by atoms with E-state index < -0.39 is 66.7 Å². The third-order valence-electron chi connectivity index (χ3n) is 2.92. The summed E-state index contributed by atoms with van der Waals surface area (Å²) < 4.78 is 0. The van der Waals surface area contributed by atoms with Crippen LogP contribution < -0.4 is 0 Å². The summed E-state index contributed by atoms with van der Waals surface area (Å²) >= 11 is 0. The monoisotopic (exact) mass is 404 g/mol. The molecule has 0 bridgehead atoms. The Labute approximate surface area is 149 Å². The van der Waals surface area contributed by atoms with E-state index in [1.165, 1.54) is 0 Å². The van der Waals surface area contributed by atoms with Crippen LogP contribution in [0.25, 0.3) is 0 Å². The van der Waals surface area contributed by atoms with Crippen molar-refractivity contribution in [2.24, 2.45) is 0 Å². The van der Waals surface area contributed by atoms with Crippen molar-refractivity contribution in [3.63, 3.8) is 0 Å².